The van der Waals surface area contributed by atoms with E-state index in [0.29, 0.717) is 6.10 Å². The molecule has 1 aromatic carbocycles. The average Bonchev–Trinajstić information content (AvgIpc) is 3.00. The Balaban J connectivity index is 2.25. The van der Waals surface area contributed by atoms with Gasteiger partial charge >= 0.3 is 0 Å². The van der Waals surface area contributed by atoms with Crippen molar-refractivity contribution in [3.05, 3.63) is 29.3 Å². The first-order valence-electron chi connectivity index (χ1n) is 5.14. The molecule has 0 spiro atoms. The van der Waals surface area contributed by atoms with Gasteiger partial charge in [0.25, 0.3) is 0 Å². The summed E-state index contributed by atoms with van der Waals surface area (Å²) in [6.45, 7) is 1.75. The van der Waals surface area contributed by atoms with Crippen LogP contribution in [-0.4, -0.2) is 32.7 Å². The van der Waals surface area contributed by atoms with Gasteiger partial charge in [-0.05, 0) is 31.8 Å². The minimum atomic E-state index is 0.316. The maximum Gasteiger partial charge on any atom is 0.123 e. The molecule has 1 saturated heterocycles. The Morgan fingerprint density at radius 3 is 2.73 bits per heavy atom. The quantitative estimate of drug-likeness (QED) is 0.704. The van der Waals surface area contributed by atoms with Crippen LogP contribution in [0.3, 0.4) is 0 Å². The van der Waals surface area contributed by atoms with E-state index in [1.54, 1.807) is 7.11 Å². The fourth-order valence-electron chi connectivity index (χ4n) is 1.70. The number of ether oxygens (including phenoxy) is 2. The summed E-state index contributed by atoms with van der Waals surface area (Å²) in [6, 6.07) is 6.28. The van der Waals surface area contributed by atoms with E-state index in [4.69, 9.17) is 9.47 Å². The van der Waals surface area contributed by atoms with Crippen LogP contribution in [0.4, 0.5) is 0 Å². The lowest BCUT2D eigenvalue weighted by Gasteiger charge is -2.14. The Morgan fingerprint density at radius 1 is 1.47 bits per heavy atom. The van der Waals surface area contributed by atoms with Crippen molar-refractivity contribution in [2.24, 2.45) is 0 Å². The summed E-state index contributed by atoms with van der Waals surface area (Å²) >= 11 is 0. The highest BCUT2D eigenvalue weighted by molar-refractivity contribution is 5.38. The molecular weight excluding hydrogens is 190 g/mol. The van der Waals surface area contributed by atoms with Gasteiger partial charge < -0.3 is 14.4 Å². The monoisotopic (exact) mass is 207 g/mol. The largest absolute Gasteiger partial charge is 0.496 e. The number of rotatable bonds is 4. The lowest BCUT2D eigenvalue weighted by Crippen LogP contribution is -2.11. The summed E-state index contributed by atoms with van der Waals surface area (Å²) in [4.78, 5) is 2.13. The molecule has 1 fully saturated rings. The Bertz CT molecular complexity index is 345. The molecule has 1 heterocycles. The molecular formula is C12H17NO2. The first-order chi connectivity index (χ1) is 7.20. The second-order valence-electron chi connectivity index (χ2n) is 4.13. The predicted molar refractivity (Wildman–Crippen MR) is 59.1 cm³/mol. The van der Waals surface area contributed by atoms with Gasteiger partial charge in [0, 0.05) is 12.1 Å². The van der Waals surface area contributed by atoms with Crippen LogP contribution in [0.2, 0.25) is 0 Å². The number of benzene rings is 1. The maximum absolute atomic E-state index is 5.33. The smallest absolute Gasteiger partial charge is 0.123 e. The highest BCUT2D eigenvalue weighted by Crippen LogP contribution is 2.32. The molecule has 1 aromatic rings. The Kier molecular flexibility index (Phi) is 2.93. The average molecular weight is 207 g/mol. The SMILES string of the molecule is COc1ccc(C2CO2)cc1CN(C)C. The van der Waals surface area contributed by atoms with Crippen LogP contribution in [0.5, 0.6) is 5.75 Å². The maximum atomic E-state index is 5.33. The summed E-state index contributed by atoms with van der Waals surface area (Å²) in [5.41, 5.74) is 2.48. The van der Waals surface area contributed by atoms with Gasteiger partial charge in [0.15, 0.2) is 0 Å². The molecule has 0 aliphatic carbocycles. The minimum Gasteiger partial charge on any atom is -0.496 e. The molecule has 0 saturated carbocycles. The van der Waals surface area contributed by atoms with Crippen molar-refractivity contribution in [3.8, 4) is 5.75 Å². The fraction of sp³-hybridized carbons (Fsp3) is 0.500. The number of nitrogens with zero attached hydrogens (tertiary/aromatic N) is 1. The molecule has 0 amide bonds. The topological polar surface area (TPSA) is 25.0 Å². The lowest BCUT2D eigenvalue weighted by atomic mass is 10.1. The Morgan fingerprint density at radius 2 is 2.20 bits per heavy atom. The summed E-state index contributed by atoms with van der Waals surface area (Å²) in [5, 5.41) is 0. The summed E-state index contributed by atoms with van der Waals surface area (Å²) < 4.78 is 10.6. The third kappa shape index (κ3) is 2.49. The van der Waals surface area contributed by atoms with E-state index in [-0.39, 0.29) is 0 Å². The van der Waals surface area contributed by atoms with Crippen molar-refractivity contribution in [2.45, 2.75) is 12.6 Å². The van der Waals surface area contributed by atoms with Gasteiger partial charge in [-0.3, -0.25) is 0 Å². The first-order valence-corrected chi connectivity index (χ1v) is 5.14. The molecule has 3 heteroatoms. The standard InChI is InChI=1S/C12H17NO2/c1-13(2)7-10-6-9(12-8-15-12)4-5-11(10)14-3/h4-6,12H,7-8H2,1-3H3. The normalized spacial score (nSPS) is 19.3. The lowest BCUT2D eigenvalue weighted by molar-refractivity contribution is 0.370. The Hall–Kier alpha value is -1.06. The van der Waals surface area contributed by atoms with Crippen LogP contribution in [0.25, 0.3) is 0 Å². The molecule has 0 bridgehead atoms. The summed E-state index contributed by atoms with van der Waals surface area (Å²) in [7, 11) is 5.82. The van der Waals surface area contributed by atoms with Gasteiger partial charge in [0.1, 0.15) is 11.9 Å². The van der Waals surface area contributed by atoms with Crippen LogP contribution in [0.15, 0.2) is 18.2 Å². The van der Waals surface area contributed by atoms with E-state index in [1.165, 1.54) is 11.1 Å². The van der Waals surface area contributed by atoms with E-state index >= 15 is 0 Å². The van der Waals surface area contributed by atoms with Crippen molar-refractivity contribution in [1.29, 1.82) is 0 Å². The zero-order valence-electron chi connectivity index (χ0n) is 9.49. The second kappa shape index (κ2) is 4.21. The van der Waals surface area contributed by atoms with E-state index in [1.807, 2.05) is 6.07 Å². The number of epoxide rings is 1. The molecule has 0 N–H and O–H groups in total. The van der Waals surface area contributed by atoms with E-state index in [0.717, 1.165) is 18.9 Å². The van der Waals surface area contributed by atoms with Crippen LogP contribution in [0, 0.1) is 0 Å². The molecule has 0 aromatic heterocycles. The molecule has 1 aliphatic heterocycles. The highest BCUT2D eigenvalue weighted by Gasteiger charge is 2.25. The van der Waals surface area contributed by atoms with Crippen LogP contribution in [-0.2, 0) is 11.3 Å². The second-order valence-corrected chi connectivity index (χ2v) is 4.13. The van der Waals surface area contributed by atoms with Gasteiger partial charge in [0.05, 0.1) is 13.7 Å². The fourth-order valence-corrected chi connectivity index (χ4v) is 1.70. The van der Waals surface area contributed by atoms with Gasteiger partial charge in [-0.1, -0.05) is 6.07 Å². The zero-order chi connectivity index (χ0) is 10.8. The third-order valence-electron chi connectivity index (χ3n) is 2.50. The molecule has 15 heavy (non-hydrogen) atoms. The molecule has 1 aliphatic rings. The van der Waals surface area contributed by atoms with Gasteiger partial charge in [-0.25, -0.2) is 0 Å². The van der Waals surface area contributed by atoms with Gasteiger partial charge in [-0.15, -0.1) is 0 Å². The Labute approximate surface area is 90.6 Å². The first kappa shape index (κ1) is 10.5. The van der Waals surface area contributed by atoms with Crippen molar-refractivity contribution < 1.29 is 9.47 Å². The summed E-state index contributed by atoms with van der Waals surface area (Å²) in [5.74, 6) is 0.952. The summed E-state index contributed by atoms with van der Waals surface area (Å²) in [6.07, 6.45) is 0.316. The van der Waals surface area contributed by atoms with E-state index in [9.17, 15) is 0 Å². The van der Waals surface area contributed by atoms with Crippen molar-refractivity contribution in [3.63, 3.8) is 0 Å². The van der Waals surface area contributed by atoms with E-state index in [2.05, 4.69) is 31.1 Å². The zero-order valence-corrected chi connectivity index (χ0v) is 9.49. The third-order valence-corrected chi connectivity index (χ3v) is 2.50. The van der Waals surface area contributed by atoms with Crippen molar-refractivity contribution in [1.82, 2.24) is 4.90 Å². The molecule has 1 atom stereocenters. The molecule has 0 radical (unpaired) electrons. The van der Waals surface area contributed by atoms with Gasteiger partial charge in [-0.2, -0.15) is 0 Å². The minimum absolute atomic E-state index is 0.316. The van der Waals surface area contributed by atoms with Crippen LogP contribution < -0.4 is 4.74 Å². The highest BCUT2D eigenvalue weighted by atomic mass is 16.6. The predicted octanol–water partition coefficient (Wildman–Crippen LogP) is 1.83. The number of hydrogen-bond donors (Lipinski definition) is 0. The molecule has 2 rings (SSSR count). The number of hydrogen-bond acceptors (Lipinski definition) is 3. The van der Waals surface area contributed by atoms with E-state index < -0.39 is 0 Å². The van der Waals surface area contributed by atoms with Gasteiger partial charge in [0.2, 0.25) is 0 Å². The van der Waals surface area contributed by atoms with Crippen molar-refractivity contribution in [2.75, 3.05) is 27.8 Å². The molecule has 82 valence electrons. The molecule has 3 nitrogen and oxygen atoms in total. The molecule has 1 unspecified atom stereocenters. The van der Waals surface area contributed by atoms with Crippen LogP contribution >= 0.6 is 0 Å². The number of methoxy groups -OCH3 is 1. The van der Waals surface area contributed by atoms with Crippen molar-refractivity contribution >= 4 is 0 Å². The van der Waals surface area contributed by atoms with Crippen LogP contribution in [0.1, 0.15) is 17.2 Å².